The number of hydrogen-bond acceptors (Lipinski definition) is 8. The Morgan fingerprint density at radius 1 is 1.23 bits per heavy atom. The summed E-state index contributed by atoms with van der Waals surface area (Å²) in [5.74, 6) is 0.373. The van der Waals surface area contributed by atoms with E-state index in [1.54, 1.807) is 43.5 Å². The van der Waals surface area contributed by atoms with Gasteiger partial charge in [0.1, 0.15) is 24.2 Å². The Balaban J connectivity index is 1.64. The molecule has 40 heavy (non-hydrogen) atoms. The molecular formula is C31H30ClN5O3. The number of benzene rings is 2. The molecule has 9 heteroatoms. The average molecular weight is 561 g/mol. The van der Waals surface area contributed by atoms with Gasteiger partial charge in [0.2, 0.25) is 0 Å². The largest absolute Gasteiger partial charge is 0.494 e. The molecule has 4 aromatic rings. The Kier molecular flexibility index (Phi) is 7.59. The van der Waals surface area contributed by atoms with Crippen molar-refractivity contribution in [3.8, 4) is 17.6 Å². The molecule has 0 saturated heterocycles. The van der Waals surface area contributed by atoms with E-state index in [0.717, 1.165) is 24.9 Å². The molecule has 0 atom stereocenters. The number of nitrogens with zero attached hydrogens (tertiary/aromatic N) is 4. The molecule has 0 saturated carbocycles. The predicted octanol–water partition coefficient (Wildman–Crippen LogP) is 6.11. The first-order valence-corrected chi connectivity index (χ1v) is 12.7. The van der Waals surface area contributed by atoms with Crippen molar-refractivity contribution in [3.63, 3.8) is 0 Å². The quantitative estimate of drug-likeness (QED) is 0.207. The minimum absolute atomic E-state index is 0.181. The molecule has 0 aliphatic rings. The zero-order chi connectivity index (χ0) is 32.8. The summed E-state index contributed by atoms with van der Waals surface area (Å²) in [4.78, 5) is 22.2. The SMILES string of the molecule is [2H]C([2H])([2H])N(C)C([2H])([2H])/C=C/C(=O)Cc1cc2c(Nc3ccc(OCc4ccccn4)c(Cl)c3)c(C#N)cnc2cc1OCC. The lowest BCUT2D eigenvalue weighted by atomic mass is 10.0. The summed E-state index contributed by atoms with van der Waals surface area (Å²) >= 11 is 6.51. The summed E-state index contributed by atoms with van der Waals surface area (Å²) in [6.07, 6.45) is 4.86. The minimum Gasteiger partial charge on any atom is -0.494 e. The van der Waals surface area contributed by atoms with Crippen LogP contribution in [0.4, 0.5) is 11.4 Å². The van der Waals surface area contributed by atoms with Gasteiger partial charge in [-0.1, -0.05) is 23.7 Å². The molecule has 0 radical (unpaired) electrons. The number of aromatic nitrogens is 2. The number of allylic oxidation sites excluding steroid dienone is 1. The maximum Gasteiger partial charge on any atom is 0.159 e. The Hall–Kier alpha value is -4.45. The van der Waals surface area contributed by atoms with Crippen molar-refractivity contribution < 1.29 is 21.1 Å². The number of likely N-dealkylation sites (N-methyl/N-ethyl adjacent to an activating group) is 1. The van der Waals surface area contributed by atoms with Crippen LogP contribution in [-0.2, 0) is 17.8 Å². The van der Waals surface area contributed by atoms with Crippen molar-refractivity contribution in [2.75, 3.05) is 32.4 Å². The van der Waals surface area contributed by atoms with Gasteiger partial charge in [-0.2, -0.15) is 5.26 Å². The lowest BCUT2D eigenvalue weighted by molar-refractivity contribution is -0.114. The summed E-state index contributed by atoms with van der Waals surface area (Å²) in [6, 6.07) is 16.1. The van der Waals surface area contributed by atoms with Gasteiger partial charge in [0.15, 0.2) is 5.78 Å². The second-order valence-electron chi connectivity index (χ2n) is 8.61. The van der Waals surface area contributed by atoms with Crippen LogP contribution in [0.2, 0.25) is 5.02 Å². The van der Waals surface area contributed by atoms with E-state index in [4.69, 9.17) is 27.9 Å². The highest BCUT2D eigenvalue weighted by Gasteiger charge is 2.16. The van der Waals surface area contributed by atoms with E-state index in [2.05, 4.69) is 21.4 Å². The number of nitrogens with one attached hydrogen (secondary N) is 1. The van der Waals surface area contributed by atoms with Gasteiger partial charge in [-0.3, -0.25) is 14.8 Å². The molecule has 0 aliphatic carbocycles. The van der Waals surface area contributed by atoms with E-state index >= 15 is 0 Å². The number of anilines is 2. The van der Waals surface area contributed by atoms with Crippen molar-refractivity contribution in [2.24, 2.45) is 0 Å². The molecule has 2 heterocycles. The van der Waals surface area contributed by atoms with E-state index in [1.807, 2.05) is 18.2 Å². The van der Waals surface area contributed by atoms with Crippen molar-refractivity contribution >= 4 is 39.7 Å². The van der Waals surface area contributed by atoms with Crippen molar-refractivity contribution in [2.45, 2.75) is 20.0 Å². The molecule has 0 unspecified atom stereocenters. The second kappa shape index (κ2) is 13.6. The normalized spacial score (nSPS) is 13.6. The van der Waals surface area contributed by atoms with E-state index in [9.17, 15) is 10.1 Å². The molecule has 204 valence electrons. The van der Waals surface area contributed by atoms with Crippen molar-refractivity contribution in [1.29, 1.82) is 5.26 Å². The fourth-order valence-electron chi connectivity index (χ4n) is 3.88. The summed E-state index contributed by atoms with van der Waals surface area (Å²) in [6.45, 7) is -2.75. The second-order valence-corrected chi connectivity index (χ2v) is 9.02. The Morgan fingerprint density at radius 3 is 2.83 bits per heavy atom. The number of halogens is 1. The lowest BCUT2D eigenvalue weighted by Gasteiger charge is -2.16. The molecule has 0 bridgehead atoms. The van der Waals surface area contributed by atoms with E-state index in [-0.39, 0.29) is 18.6 Å². The maximum absolute atomic E-state index is 13.0. The molecule has 4 rings (SSSR count). The third-order valence-electron chi connectivity index (χ3n) is 5.68. The fourth-order valence-corrected chi connectivity index (χ4v) is 4.11. The van der Waals surface area contributed by atoms with E-state index < -0.39 is 19.3 Å². The standard InChI is InChI=1S/C31H30ClN5O3/c1-4-39-30-17-28-26(15-21(30)14-25(38)9-7-13-37(2)3)31(22(18-33)19-35-28)36-23-10-11-29(27(32)16-23)40-20-24-8-5-6-12-34-24/h5-12,15-17,19H,4,13-14,20H2,1-3H3,(H,35,36)/b9-7+/i2D3,13D2. The van der Waals surface area contributed by atoms with Crippen LogP contribution in [0.25, 0.3) is 10.9 Å². The van der Waals surface area contributed by atoms with Gasteiger partial charge in [-0.25, -0.2) is 0 Å². The van der Waals surface area contributed by atoms with E-state index in [0.29, 0.717) is 55.9 Å². The molecule has 0 amide bonds. The third kappa shape index (κ3) is 7.35. The lowest BCUT2D eigenvalue weighted by Crippen LogP contribution is -2.11. The first-order chi connectivity index (χ1) is 21.3. The molecule has 0 fully saturated rings. The van der Waals surface area contributed by atoms with Gasteiger partial charge in [0.25, 0.3) is 0 Å². The number of fused-ring (bicyclic) bond motifs is 1. The highest BCUT2D eigenvalue weighted by atomic mass is 35.5. The predicted molar refractivity (Wildman–Crippen MR) is 157 cm³/mol. The van der Waals surface area contributed by atoms with Gasteiger partial charge in [-0.15, -0.1) is 0 Å². The van der Waals surface area contributed by atoms with Crippen LogP contribution in [0.15, 0.2) is 73.1 Å². The summed E-state index contributed by atoms with van der Waals surface area (Å²) in [5.41, 5.74) is 2.98. The molecule has 2 aromatic heterocycles. The number of ketones is 1. The molecular weight excluding hydrogens is 526 g/mol. The summed E-state index contributed by atoms with van der Waals surface area (Å²) < 4.78 is 50.0. The number of carbonyl (C=O) groups excluding carboxylic acids is 1. The van der Waals surface area contributed by atoms with Crippen molar-refractivity contribution in [3.05, 3.63) is 94.9 Å². The molecule has 0 spiro atoms. The van der Waals surface area contributed by atoms with E-state index in [1.165, 1.54) is 6.20 Å². The number of carbonyl (C=O) groups is 1. The highest BCUT2D eigenvalue weighted by molar-refractivity contribution is 6.32. The molecule has 0 aliphatic heterocycles. The van der Waals surface area contributed by atoms with Gasteiger partial charge in [0.05, 0.1) is 34.1 Å². The van der Waals surface area contributed by atoms with Gasteiger partial charge in [-0.05, 0) is 63.4 Å². The number of hydrogen-bond donors (Lipinski definition) is 1. The van der Waals surface area contributed by atoms with Gasteiger partial charge < -0.3 is 19.7 Å². The van der Waals surface area contributed by atoms with Crippen LogP contribution in [0, 0.1) is 11.3 Å². The van der Waals surface area contributed by atoms with Crippen LogP contribution < -0.4 is 14.8 Å². The summed E-state index contributed by atoms with van der Waals surface area (Å²) in [5, 5.41) is 14.0. The van der Waals surface area contributed by atoms with Crippen LogP contribution in [-0.4, -0.2) is 47.8 Å². The van der Waals surface area contributed by atoms with Crippen LogP contribution >= 0.6 is 11.6 Å². The summed E-state index contributed by atoms with van der Waals surface area (Å²) in [7, 11) is 1.11. The maximum atomic E-state index is 13.0. The Bertz CT molecular complexity index is 1760. The monoisotopic (exact) mass is 560 g/mol. The first-order valence-electron chi connectivity index (χ1n) is 14.9. The number of rotatable bonds is 12. The zero-order valence-electron chi connectivity index (χ0n) is 26.9. The third-order valence-corrected chi connectivity index (χ3v) is 5.97. The zero-order valence-corrected chi connectivity index (χ0v) is 22.7. The van der Waals surface area contributed by atoms with Crippen LogP contribution in [0.1, 0.15) is 30.6 Å². The number of nitriles is 1. The molecule has 2 aromatic carbocycles. The number of ether oxygens (including phenoxy) is 2. The van der Waals surface area contributed by atoms with Gasteiger partial charge >= 0.3 is 0 Å². The average Bonchev–Trinajstić information content (AvgIpc) is 3.00. The van der Waals surface area contributed by atoms with Crippen LogP contribution in [0.3, 0.4) is 0 Å². The Morgan fingerprint density at radius 2 is 2.10 bits per heavy atom. The highest BCUT2D eigenvalue weighted by Crippen LogP contribution is 2.36. The van der Waals surface area contributed by atoms with Gasteiger partial charge in [0, 0.05) is 54.9 Å². The number of pyridine rings is 2. The topological polar surface area (TPSA) is 100 Å². The smallest absolute Gasteiger partial charge is 0.159 e. The Labute approximate surface area is 245 Å². The molecule has 1 N–H and O–H groups in total. The fraction of sp³-hybridized carbons (Fsp3) is 0.226. The minimum atomic E-state index is -2.69. The first kappa shape index (κ1) is 22.4. The van der Waals surface area contributed by atoms with Crippen molar-refractivity contribution in [1.82, 2.24) is 14.9 Å². The van der Waals surface area contributed by atoms with Crippen LogP contribution in [0.5, 0.6) is 11.5 Å². The molecule has 8 nitrogen and oxygen atoms in total.